The molecule has 1 amide bonds. The fourth-order valence-corrected chi connectivity index (χ4v) is 2.60. The van der Waals surface area contributed by atoms with Crippen molar-refractivity contribution in [3.8, 4) is 0 Å². The Balaban J connectivity index is 2.29. The zero-order valence-electron chi connectivity index (χ0n) is 10.6. The molecule has 104 valence electrons. The Morgan fingerprint density at radius 1 is 1.53 bits per heavy atom. The summed E-state index contributed by atoms with van der Waals surface area (Å²) in [4.78, 5) is 14.3. The number of hydrogen-bond acceptors (Lipinski definition) is 4. The summed E-state index contributed by atoms with van der Waals surface area (Å²) in [7, 11) is 0. The second-order valence-corrected chi connectivity index (χ2v) is 5.10. The van der Waals surface area contributed by atoms with Gasteiger partial charge >= 0.3 is 0 Å². The predicted molar refractivity (Wildman–Crippen MR) is 75.0 cm³/mol. The maximum atomic E-state index is 12.6. The van der Waals surface area contributed by atoms with E-state index in [1.165, 1.54) is 0 Å². The Bertz CT molecular complexity index is 467. The molecule has 2 rings (SSSR count). The number of hydrogen-bond donors (Lipinski definition) is 3. The average Bonchev–Trinajstić information content (AvgIpc) is 2.46. The first-order valence-corrected chi connectivity index (χ1v) is 6.73. The lowest BCUT2D eigenvalue weighted by Gasteiger charge is -2.35. The number of nitrogens with one attached hydrogen (secondary N) is 1. The van der Waals surface area contributed by atoms with Gasteiger partial charge in [-0.15, -0.1) is 0 Å². The number of benzene rings is 1. The summed E-state index contributed by atoms with van der Waals surface area (Å²) < 4.78 is 0. The van der Waals surface area contributed by atoms with E-state index >= 15 is 0 Å². The molecule has 1 saturated heterocycles. The Labute approximate surface area is 117 Å². The summed E-state index contributed by atoms with van der Waals surface area (Å²) in [5.41, 5.74) is 3.49. The standard InChI is InChI=1S/C13H18ClN3O2/c14-9-4-5-12(16-15)11(7-9)13(19)17-6-2-1-3-10(17)8-18/h4-5,7,10,16,18H,1-3,6,8,15H2. The molecular weight excluding hydrogens is 266 g/mol. The van der Waals surface area contributed by atoms with Gasteiger partial charge in [-0.25, -0.2) is 0 Å². The smallest absolute Gasteiger partial charge is 0.256 e. The summed E-state index contributed by atoms with van der Waals surface area (Å²) in [5.74, 6) is 5.28. The molecule has 19 heavy (non-hydrogen) atoms. The van der Waals surface area contributed by atoms with Gasteiger partial charge in [-0.2, -0.15) is 0 Å². The summed E-state index contributed by atoms with van der Waals surface area (Å²) in [6.07, 6.45) is 2.81. The molecule has 0 saturated carbocycles. The number of rotatable bonds is 3. The number of piperidine rings is 1. The summed E-state index contributed by atoms with van der Waals surface area (Å²) in [5, 5.41) is 9.86. The van der Waals surface area contributed by atoms with Gasteiger partial charge in [0, 0.05) is 11.6 Å². The molecule has 6 heteroatoms. The second-order valence-electron chi connectivity index (χ2n) is 4.66. The Morgan fingerprint density at radius 3 is 3.00 bits per heavy atom. The Morgan fingerprint density at radius 2 is 2.32 bits per heavy atom. The van der Waals surface area contributed by atoms with Gasteiger partial charge in [-0.1, -0.05) is 11.6 Å². The van der Waals surface area contributed by atoms with E-state index in [1.807, 2.05) is 0 Å². The number of carbonyl (C=O) groups is 1. The van der Waals surface area contributed by atoms with Crippen LogP contribution in [0.25, 0.3) is 0 Å². The van der Waals surface area contributed by atoms with E-state index in [9.17, 15) is 9.90 Å². The van der Waals surface area contributed by atoms with E-state index in [0.29, 0.717) is 22.8 Å². The summed E-state index contributed by atoms with van der Waals surface area (Å²) in [6, 6.07) is 4.83. The topological polar surface area (TPSA) is 78.6 Å². The van der Waals surface area contributed by atoms with E-state index in [4.69, 9.17) is 17.4 Å². The highest BCUT2D eigenvalue weighted by Crippen LogP contribution is 2.25. The van der Waals surface area contributed by atoms with Crippen molar-refractivity contribution < 1.29 is 9.90 Å². The van der Waals surface area contributed by atoms with Gasteiger partial charge in [-0.3, -0.25) is 10.6 Å². The highest BCUT2D eigenvalue weighted by atomic mass is 35.5. The molecule has 0 aliphatic carbocycles. The Kier molecular flexibility index (Phi) is 4.63. The molecule has 1 aromatic carbocycles. The third-order valence-corrected chi connectivity index (χ3v) is 3.70. The van der Waals surface area contributed by atoms with Gasteiger partial charge in [0.2, 0.25) is 0 Å². The number of halogens is 1. The van der Waals surface area contributed by atoms with Crippen molar-refractivity contribution in [2.24, 2.45) is 5.84 Å². The van der Waals surface area contributed by atoms with Crippen molar-refractivity contribution in [1.82, 2.24) is 4.90 Å². The first-order valence-electron chi connectivity index (χ1n) is 6.35. The van der Waals surface area contributed by atoms with E-state index < -0.39 is 0 Å². The number of carbonyl (C=O) groups excluding carboxylic acids is 1. The largest absolute Gasteiger partial charge is 0.394 e. The lowest BCUT2D eigenvalue weighted by Crippen LogP contribution is -2.45. The van der Waals surface area contributed by atoms with E-state index in [-0.39, 0.29) is 18.6 Å². The molecule has 0 radical (unpaired) electrons. The minimum Gasteiger partial charge on any atom is -0.394 e. The van der Waals surface area contributed by atoms with Crippen LogP contribution in [0.1, 0.15) is 29.6 Å². The number of anilines is 1. The molecule has 4 N–H and O–H groups in total. The number of likely N-dealkylation sites (tertiary alicyclic amines) is 1. The highest BCUT2D eigenvalue weighted by molar-refractivity contribution is 6.31. The lowest BCUT2D eigenvalue weighted by molar-refractivity contribution is 0.0504. The SMILES string of the molecule is NNc1ccc(Cl)cc1C(=O)N1CCCCC1CO. The van der Waals surface area contributed by atoms with E-state index in [1.54, 1.807) is 23.1 Å². The van der Waals surface area contributed by atoms with Crippen molar-refractivity contribution in [3.63, 3.8) is 0 Å². The first-order chi connectivity index (χ1) is 9.17. The lowest BCUT2D eigenvalue weighted by atomic mass is 10.0. The fourth-order valence-electron chi connectivity index (χ4n) is 2.43. The van der Waals surface area contributed by atoms with Gasteiger partial charge < -0.3 is 15.4 Å². The molecule has 1 unspecified atom stereocenters. The normalized spacial score (nSPS) is 19.3. The van der Waals surface area contributed by atoms with Gasteiger partial charge in [0.1, 0.15) is 0 Å². The summed E-state index contributed by atoms with van der Waals surface area (Å²) >= 11 is 5.94. The monoisotopic (exact) mass is 283 g/mol. The van der Waals surface area contributed by atoms with Crippen LogP contribution in [0.5, 0.6) is 0 Å². The van der Waals surface area contributed by atoms with Crippen molar-refractivity contribution >= 4 is 23.2 Å². The minimum absolute atomic E-state index is 0.0162. The molecule has 0 bridgehead atoms. The first kappa shape index (κ1) is 14.1. The van der Waals surface area contributed by atoms with Crippen LogP contribution in [0.2, 0.25) is 5.02 Å². The van der Waals surface area contributed by atoms with Crippen LogP contribution in [0.4, 0.5) is 5.69 Å². The van der Waals surface area contributed by atoms with Crippen molar-refractivity contribution in [1.29, 1.82) is 0 Å². The molecule has 5 nitrogen and oxygen atoms in total. The third-order valence-electron chi connectivity index (χ3n) is 3.47. The van der Waals surface area contributed by atoms with E-state index in [0.717, 1.165) is 19.3 Å². The molecule has 1 atom stereocenters. The second kappa shape index (κ2) is 6.23. The van der Waals surface area contributed by atoms with Crippen molar-refractivity contribution in [2.45, 2.75) is 25.3 Å². The van der Waals surface area contributed by atoms with Crippen LogP contribution in [0.3, 0.4) is 0 Å². The quantitative estimate of drug-likeness (QED) is 0.582. The van der Waals surface area contributed by atoms with Gasteiger partial charge in [0.05, 0.1) is 23.9 Å². The van der Waals surface area contributed by atoms with Crippen molar-refractivity contribution in [2.75, 3.05) is 18.6 Å². The maximum Gasteiger partial charge on any atom is 0.256 e. The van der Waals surface area contributed by atoms with Crippen LogP contribution >= 0.6 is 11.6 Å². The molecule has 1 heterocycles. The molecule has 1 aliphatic heterocycles. The molecule has 1 fully saturated rings. The number of nitrogens with two attached hydrogens (primary N) is 1. The summed E-state index contributed by atoms with van der Waals surface area (Å²) in [6.45, 7) is 0.637. The number of aliphatic hydroxyl groups is 1. The predicted octanol–water partition coefficient (Wildman–Crippen LogP) is 1.61. The van der Waals surface area contributed by atoms with Crippen LogP contribution < -0.4 is 11.3 Å². The number of amides is 1. The molecule has 0 aromatic heterocycles. The van der Waals surface area contributed by atoms with Crippen LogP contribution in [0, 0.1) is 0 Å². The molecular formula is C13H18ClN3O2. The zero-order chi connectivity index (χ0) is 13.8. The maximum absolute atomic E-state index is 12.6. The minimum atomic E-state index is -0.144. The fraction of sp³-hybridized carbons (Fsp3) is 0.462. The van der Waals surface area contributed by atoms with Crippen LogP contribution in [-0.2, 0) is 0 Å². The Hall–Kier alpha value is -1.30. The van der Waals surface area contributed by atoms with Crippen LogP contribution in [-0.4, -0.2) is 35.1 Å². The number of nitrogen functional groups attached to an aromatic ring is 1. The van der Waals surface area contributed by atoms with Gasteiger partial charge in [-0.05, 0) is 37.5 Å². The third kappa shape index (κ3) is 3.00. The van der Waals surface area contributed by atoms with E-state index in [2.05, 4.69) is 5.43 Å². The molecule has 1 aliphatic rings. The van der Waals surface area contributed by atoms with Gasteiger partial charge in [0.25, 0.3) is 5.91 Å². The molecule has 1 aromatic rings. The van der Waals surface area contributed by atoms with Crippen LogP contribution in [0.15, 0.2) is 18.2 Å². The van der Waals surface area contributed by atoms with Gasteiger partial charge in [0.15, 0.2) is 0 Å². The highest BCUT2D eigenvalue weighted by Gasteiger charge is 2.28. The number of aliphatic hydroxyl groups excluding tert-OH is 1. The number of hydrazine groups is 1. The molecule has 0 spiro atoms. The zero-order valence-corrected chi connectivity index (χ0v) is 11.4. The number of nitrogens with zero attached hydrogens (tertiary/aromatic N) is 1. The van der Waals surface area contributed by atoms with Crippen molar-refractivity contribution in [3.05, 3.63) is 28.8 Å². The average molecular weight is 284 g/mol.